The van der Waals surface area contributed by atoms with Gasteiger partial charge in [0.25, 0.3) is 0 Å². The first kappa shape index (κ1) is 18.2. The molecule has 0 aliphatic heterocycles. The fourth-order valence-electron chi connectivity index (χ4n) is 3.99. The summed E-state index contributed by atoms with van der Waals surface area (Å²) in [6.07, 6.45) is 3.98. The molecule has 5 nitrogen and oxygen atoms in total. The van der Waals surface area contributed by atoms with Gasteiger partial charge in [-0.05, 0) is 55.4 Å². The zero-order valence-electron chi connectivity index (χ0n) is 16.1. The molecule has 1 aliphatic rings. The highest BCUT2D eigenvalue weighted by molar-refractivity contribution is 7.71. The zero-order valence-corrected chi connectivity index (χ0v) is 16.9. The average molecular weight is 383 g/mol. The molecule has 1 aromatic carbocycles. The molecule has 0 N–H and O–H groups in total. The molecule has 0 amide bonds. The Bertz CT molecular complexity index is 970. The summed E-state index contributed by atoms with van der Waals surface area (Å²) >= 11 is 5.77. The number of benzene rings is 1. The van der Waals surface area contributed by atoms with Gasteiger partial charge < -0.3 is 4.42 Å². The van der Waals surface area contributed by atoms with E-state index in [-0.39, 0.29) is 0 Å². The Kier molecular flexibility index (Phi) is 5.02. The van der Waals surface area contributed by atoms with E-state index < -0.39 is 0 Å². The first-order valence-electron chi connectivity index (χ1n) is 9.52. The van der Waals surface area contributed by atoms with Crippen LogP contribution in [0, 0.1) is 4.77 Å². The van der Waals surface area contributed by atoms with Crippen LogP contribution in [-0.4, -0.2) is 26.3 Å². The van der Waals surface area contributed by atoms with E-state index in [2.05, 4.69) is 54.6 Å². The minimum absolute atomic E-state index is 0.292. The van der Waals surface area contributed by atoms with E-state index in [0.717, 1.165) is 29.2 Å². The molecule has 0 saturated heterocycles. The topological polar surface area (TPSA) is 39.1 Å². The fraction of sp³-hybridized carbons (Fsp3) is 0.429. The van der Waals surface area contributed by atoms with Crippen molar-refractivity contribution in [1.82, 2.24) is 19.2 Å². The Labute approximate surface area is 165 Å². The van der Waals surface area contributed by atoms with Crippen LogP contribution in [0.2, 0.25) is 0 Å². The molecule has 0 radical (unpaired) electrons. The smallest absolute Gasteiger partial charge is 0.199 e. The number of hydrogen-bond acceptors (Lipinski definition) is 4. The Morgan fingerprint density at radius 2 is 2.07 bits per heavy atom. The number of fused-ring (bicyclic) bond motifs is 1. The van der Waals surface area contributed by atoms with Gasteiger partial charge in [-0.25, -0.2) is 4.68 Å². The molecule has 2 aromatic heterocycles. The molecule has 1 unspecified atom stereocenters. The third-order valence-electron chi connectivity index (χ3n) is 5.35. The van der Waals surface area contributed by atoms with Crippen molar-refractivity contribution < 1.29 is 4.42 Å². The van der Waals surface area contributed by atoms with Crippen molar-refractivity contribution in [3.8, 4) is 0 Å². The Morgan fingerprint density at radius 3 is 2.81 bits per heavy atom. The minimum atomic E-state index is 0.292. The first-order valence-corrected chi connectivity index (χ1v) is 9.93. The third-order valence-corrected chi connectivity index (χ3v) is 5.78. The van der Waals surface area contributed by atoms with E-state index in [0.29, 0.717) is 25.2 Å². The zero-order chi connectivity index (χ0) is 19.0. The number of aromatic nitrogens is 3. The lowest BCUT2D eigenvalue weighted by molar-refractivity contribution is 0.181. The maximum Gasteiger partial charge on any atom is 0.199 e. The Balaban J connectivity index is 1.60. The average Bonchev–Trinajstić information content (AvgIpc) is 3.37. The molecule has 0 saturated carbocycles. The van der Waals surface area contributed by atoms with Crippen LogP contribution in [0.25, 0.3) is 0 Å². The van der Waals surface area contributed by atoms with E-state index in [1.54, 1.807) is 6.26 Å². The van der Waals surface area contributed by atoms with Gasteiger partial charge in [0.05, 0.1) is 19.5 Å². The normalized spacial score (nSPS) is 16.4. The SMILES string of the molecule is CC(C)c1nn(CN(C)C2CCc3ccccc32)c(=S)n1Cc1ccco1. The minimum Gasteiger partial charge on any atom is -0.467 e. The second-order valence-corrected chi connectivity index (χ2v) is 7.98. The lowest BCUT2D eigenvalue weighted by atomic mass is 10.1. The van der Waals surface area contributed by atoms with E-state index in [9.17, 15) is 0 Å². The van der Waals surface area contributed by atoms with Gasteiger partial charge in [-0.1, -0.05) is 38.1 Å². The molecule has 1 atom stereocenters. The molecular weight excluding hydrogens is 356 g/mol. The molecule has 6 heteroatoms. The highest BCUT2D eigenvalue weighted by atomic mass is 32.1. The summed E-state index contributed by atoms with van der Waals surface area (Å²) in [7, 11) is 2.16. The van der Waals surface area contributed by atoms with Crippen molar-refractivity contribution >= 4 is 12.2 Å². The second-order valence-electron chi connectivity index (χ2n) is 7.61. The fourth-order valence-corrected chi connectivity index (χ4v) is 4.24. The number of aryl methyl sites for hydroxylation is 1. The second kappa shape index (κ2) is 7.44. The van der Waals surface area contributed by atoms with Crippen molar-refractivity contribution in [2.24, 2.45) is 0 Å². The lowest BCUT2D eigenvalue weighted by Crippen LogP contribution is -2.26. The van der Waals surface area contributed by atoms with Gasteiger partial charge in [0.15, 0.2) is 4.77 Å². The van der Waals surface area contributed by atoms with Gasteiger partial charge in [0.1, 0.15) is 11.6 Å². The number of nitrogens with zero attached hydrogens (tertiary/aromatic N) is 4. The van der Waals surface area contributed by atoms with Crippen LogP contribution >= 0.6 is 12.2 Å². The monoisotopic (exact) mass is 382 g/mol. The number of rotatable bonds is 6. The summed E-state index contributed by atoms with van der Waals surface area (Å²) in [5.74, 6) is 2.18. The van der Waals surface area contributed by atoms with Crippen LogP contribution in [0.5, 0.6) is 0 Å². The standard InChI is InChI=1S/C21H26N4OS/c1-15(2)20-22-25(21(27)24(20)13-17-8-6-12-26-17)14-23(3)19-11-10-16-7-4-5-9-18(16)19/h4-9,12,15,19H,10-11,13-14H2,1-3H3. The predicted octanol–water partition coefficient (Wildman–Crippen LogP) is 4.76. The van der Waals surface area contributed by atoms with Crippen molar-refractivity contribution in [2.75, 3.05) is 7.05 Å². The molecule has 4 rings (SSSR count). The van der Waals surface area contributed by atoms with Crippen LogP contribution in [0.4, 0.5) is 0 Å². The van der Waals surface area contributed by atoms with Crippen molar-refractivity contribution in [2.45, 2.75) is 51.9 Å². The summed E-state index contributed by atoms with van der Waals surface area (Å²) in [6, 6.07) is 13.0. The number of furan rings is 1. The van der Waals surface area contributed by atoms with Gasteiger partial charge in [0, 0.05) is 12.0 Å². The Morgan fingerprint density at radius 1 is 1.26 bits per heavy atom. The molecule has 0 bridgehead atoms. The first-order chi connectivity index (χ1) is 13.0. The summed E-state index contributed by atoms with van der Waals surface area (Å²) in [4.78, 5) is 2.36. The Hall–Kier alpha value is -2.18. The molecule has 1 aliphatic carbocycles. The molecule has 142 valence electrons. The maximum atomic E-state index is 5.77. The lowest BCUT2D eigenvalue weighted by Gasteiger charge is -2.24. The maximum absolute atomic E-state index is 5.77. The van der Waals surface area contributed by atoms with Crippen LogP contribution in [0.3, 0.4) is 0 Å². The van der Waals surface area contributed by atoms with Crippen LogP contribution in [-0.2, 0) is 19.6 Å². The van der Waals surface area contributed by atoms with Crippen molar-refractivity contribution in [1.29, 1.82) is 0 Å². The van der Waals surface area contributed by atoms with Gasteiger partial charge >= 0.3 is 0 Å². The van der Waals surface area contributed by atoms with E-state index in [1.165, 1.54) is 11.1 Å². The molecule has 2 heterocycles. The van der Waals surface area contributed by atoms with Crippen LogP contribution < -0.4 is 0 Å². The van der Waals surface area contributed by atoms with Gasteiger partial charge in [0.2, 0.25) is 0 Å². The van der Waals surface area contributed by atoms with Crippen LogP contribution in [0.1, 0.15) is 54.9 Å². The van der Waals surface area contributed by atoms with E-state index in [1.807, 2.05) is 16.8 Å². The van der Waals surface area contributed by atoms with Crippen molar-refractivity contribution in [3.05, 3.63) is 70.1 Å². The molecule has 0 spiro atoms. The summed E-state index contributed by atoms with van der Waals surface area (Å²) in [6.45, 7) is 5.60. The van der Waals surface area contributed by atoms with E-state index >= 15 is 0 Å². The summed E-state index contributed by atoms with van der Waals surface area (Å²) < 4.78 is 10.3. The van der Waals surface area contributed by atoms with Gasteiger partial charge in [-0.2, -0.15) is 5.10 Å². The highest BCUT2D eigenvalue weighted by Gasteiger charge is 2.26. The summed E-state index contributed by atoms with van der Waals surface area (Å²) in [5.41, 5.74) is 2.90. The summed E-state index contributed by atoms with van der Waals surface area (Å²) in [5, 5.41) is 4.85. The molecular formula is C21H26N4OS. The van der Waals surface area contributed by atoms with Crippen molar-refractivity contribution in [3.63, 3.8) is 0 Å². The molecule has 27 heavy (non-hydrogen) atoms. The molecule has 0 fully saturated rings. The van der Waals surface area contributed by atoms with E-state index in [4.69, 9.17) is 21.7 Å². The number of hydrogen-bond donors (Lipinski definition) is 0. The largest absolute Gasteiger partial charge is 0.467 e. The van der Waals surface area contributed by atoms with Crippen LogP contribution in [0.15, 0.2) is 47.1 Å². The quantitative estimate of drug-likeness (QED) is 0.577. The highest BCUT2D eigenvalue weighted by Crippen LogP contribution is 2.35. The predicted molar refractivity (Wildman–Crippen MR) is 108 cm³/mol. The molecule has 3 aromatic rings. The van der Waals surface area contributed by atoms with Gasteiger partial charge in [-0.3, -0.25) is 9.47 Å². The third kappa shape index (κ3) is 3.51. The van der Waals surface area contributed by atoms with Gasteiger partial charge in [-0.15, -0.1) is 0 Å².